The highest BCUT2D eigenvalue weighted by Gasteiger charge is 2.26. The average molecular weight is 676 g/mol. The minimum absolute atomic E-state index is 0.620. The van der Waals surface area contributed by atoms with E-state index in [1.54, 1.807) is 0 Å². The SMILES string of the molecule is c1ccc(-c2nc(-c3ccc(-c4cccc5c4oc4ccccc45)cc3)nc(-c3cc(-c4ccccc4)c4c(c3)-c3cccc5cccc-4c35)n2)cc1. The Morgan fingerprint density at radius 1 is 0.340 bits per heavy atom. The summed E-state index contributed by atoms with van der Waals surface area (Å²) in [6.07, 6.45) is 0. The van der Waals surface area contributed by atoms with Crippen LogP contribution in [-0.2, 0) is 0 Å². The van der Waals surface area contributed by atoms with E-state index in [9.17, 15) is 0 Å². The molecule has 0 bridgehead atoms. The monoisotopic (exact) mass is 675 g/mol. The molecule has 0 spiro atoms. The van der Waals surface area contributed by atoms with Gasteiger partial charge < -0.3 is 4.42 Å². The van der Waals surface area contributed by atoms with Gasteiger partial charge in [-0.15, -0.1) is 0 Å². The zero-order valence-electron chi connectivity index (χ0n) is 28.5. The lowest BCUT2D eigenvalue weighted by molar-refractivity contribution is 0.670. The molecule has 0 saturated carbocycles. The van der Waals surface area contributed by atoms with Crippen LogP contribution in [0, 0.1) is 0 Å². The summed E-state index contributed by atoms with van der Waals surface area (Å²) in [5.74, 6) is 1.89. The number of hydrogen-bond acceptors (Lipinski definition) is 4. The molecule has 2 aromatic heterocycles. The van der Waals surface area contributed by atoms with Gasteiger partial charge in [0.1, 0.15) is 11.2 Å². The molecule has 0 amide bonds. The van der Waals surface area contributed by atoms with Crippen LogP contribution in [0.3, 0.4) is 0 Å². The van der Waals surface area contributed by atoms with Gasteiger partial charge in [-0.2, -0.15) is 0 Å². The Balaban J connectivity index is 1.09. The summed E-state index contributed by atoms with van der Waals surface area (Å²) >= 11 is 0. The Morgan fingerprint density at radius 3 is 1.62 bits per heavy atom. The van der Waals surface area contributed by atoms with Gasteiger partial charge in [0.25, 0.3) is 0 Å². The molecule has 0 aliphatic heterocycles. The summed E-state index contributed by atoms with van der Waals surface area (Å²) in [5, 5.41) is 4.76. The van der Waals surface area contributed by atoms with Crippen molar-refractivity contribution >= 4 is 32.7 Å². The Bertz CT molecular complexity index is 3030. The van der Waals surface area contributed by atoms with Crippen molar-refractivity contribution in [1.29, 1.82) is 0 Å². The maximum atomic E-state index is 6.36. The van der Waals surface area contributed by atoms with E-state index in [0.717, 1.165) is 60.9 Å². The maximum absolute atomic E-state index is 6.36. The van der Waals surface area contributed by atoms with Crippen LogP contribution in [0.1, 0.15) is 0 Å². The predicted octanol–water partition coefficient (Wildman–Crippen LogP) is 12.9. The molecule has 246 valence electrons. The standard InChI is InChI=1S/C49H29N3O/c1-3-12-30(13-4-1)41-28-35(29-42-38-20-9-16-32-17-10-22-40(44(32)38)45(41)42)49-51-47(33-14-5-2-6-15-33)50-48(52-49)34-26-24-31(25-27-34)36-19-11-21-39-37-18-7-8-23-43(37)53-46(36)39/h1-29H. The number of benzene rings is 8. The van der Waals surface area contributed by atoms with E-state index in [2.05, 4.69) is 146 Å². The van der Waals surface area contributed by atoms with Crippen LogP contribution in [0.25, 0.3) is 111 Å². The highest BCUT2D eigenvalue weighted by molar-refractivity contribution is 6.18. The third-order valence-electron chi connectivity index (χ3n) is 10.5. The zero-order chi connectivity index (χ0) is 34.9. The lowest BCUT2D eigenvalue weighted by atomic mass is 9.91. The quantitative estimate of drug-likeness (QED) is 0.182. The smallest absolute Gasteiger partial charge is 0.164 e. The van der Waals surface area contributed by atoms with E-state index >= 15 is 0 Å². The molecular weight excluding hydrogens is 647 g/mol. The van der Waals surface area contributed by atoms with Crippen molar-refractivity contribution in [2.45, 2.75) is 0 Å². The molecule has 0 fully saturated rings. The fourth-order valence-corrected chi connectivity index (χ4v) is 8.02. The first-order valence-electron chi connectivity index (χ1n) is 17.9. The largest absolute Gasteiger partial charge is 0.455 e. The Labute approximate surface area is 305 Å². The first kappa shape index (κ1) is 29.5. The van der Waals surface area contributed by atoms with Gasteiger partial charge in [-0.1, -0.05) is 158 Å². The predicted molar refractivity (Wildman–Crippen MR) is 216 cm³/mol. The number of para-hydroxylation sites is 2. The van der Waals surface area contributed by atoms with Crippen LogP contribution in [0.4, 0.5) is 0 Å². The Kier molecular flexibility index (Phi) is 6.52. The third-order valence-corrected chi connectivity index (χ3v) is 10.5. The van der Waals surface area contributed by atoms with Crippen molar-refractivity contribution in [1.82, 2.24) is 15.0 Å². The molecule has 10 aromatic rings. The minimum Gasteiger partial charge on any atom is -0.455 e. The molecule has 8 aromatic carbocycles. The minimum atomic E-state index is 0.620. The zero-order valence-corrected chi connectivity index (χ0v) is 28.5. The molecule has 0 unspecified atom stereocenters. The van der Waals surface area contributed by atoms with Crippen molar-refractivity contribution in [3.63, 3.8) is 0 Å². The first-order valence-corrected chi connectivity index (χ1v) is 17.9. The average Bonchev–Trinajstić information content (AvgIpc) is 3.78. The van der Waals surface area contributed by atoms with E-state index < -0.39 is 0 Å². The molecule has 1 aliphatic rings. The Morgan fingerprint density at radius 2 is 0.868 bits per heavy atom. The Hall–Kier alpha value is -7.17. The van der Waals surface area contributed by atoms with Crippen LogP contribution in [0.15, 0.2) is 180 Å². The molecule has 11 rings (SSSR count). The molecule has 53 heavy (non-hydrogen) atoms. The number of rotatable bonds is 5. The van der Waals surface area contributed by atoms with Crippen molar-refractivity contribution in [2.24, 2.45) is 0 Å². The summed E-state index contributed by atoms with van der Waals surface area (Å²) in [5.41, 5.74) is 13.9. The van der Waals surface area contributed by atoms with Crippen LogP contribution in [0.2, 0.25) is 0 Å². The fraction of sp³-hybridized carbons (Fsp3) is 0. The molecule has 0 radical (unpaired) electrons. The molecule has 2 heterocycles. The van der Waals surface area contributed by atoms with E-state index in [4.69, 9.17) is 19.4 Å². The molecule has 0 N–H and O–H groups in total. The second-order valence-corrected chi connectivity index (χ2v) is 13.6. The molecule has 1 aliphatic carbocycles. The van der Waals surface area contributed by atoms with Crippen LogP contribution in [0.5, 0.6) is 0 Å². The van der Waals surface area contributed by atoms with Gasteiger partial charge >= 0.3 is 0 Å². The van der Waals surface area contributed by atoms with Gasteiger partial charge in [-0.25, -0.2) is 15.0 Å². The van der Waals surface area contributed by atoms with Gasteiger partial charge in [0.05, 0.1) is 0 Å². The molecular formula is C49H29N3O. The summed E-state index contributed by atoms with van der Waals surface area (Å²) < 4.78 is 6.36. The highest BCUT2D eigenvalue weighted by atomic mass is 16.3. The third kappa shape index (κ3) is 4.73. The molecule has 0 saturated heterocycles. The van der Waals surface area contributed by atoms with Crippen molar-refractivity contribution in [3.8, 4) is 78.7 Å². The molecule has 4 heteroatoms. The molecule has 4 nitrogen and oxygen atoms in total. The maximum Gasteiger partial charge on any atom is 0.164 e. The van der Waals surface area contributed by atoms with E-state index in [0.29, 0.717) is 17.5 Å². The second kappa shape index (κ2) is 11.7. The summed E-state index contributed by atoms with van der Waals surface area (Å²) in [4.78, 5) is 15.4. The second-order valence-electron chi connectivity index (χ2n) is 13.6. The summed E-state index contributed by atoms with van der Waals surface area (Å²) in [7, 11) is 0. The van der Waals surface area contributed by atoms with Gasteiger partial charge in [-0.3, -0.25) is 0 Å². The van der Waals surface area contributed by atoms with Gasteiger partial charge in [-0.05, 0) is 67.9 Å². The lowest BCUT2D eigenvalue weighted by Gasteiger charge is -2.15. The number of furan rings is 1. The van der Waals surface area contributed by atoms with Gasteiger partial charge in [0.15, 0.2) is 17.5 Å². The van der Waals surface area contributed by atoms with Crippen LogP contribution >= 0.6 is 0 Å². The number of fused-ring (bicyclic) bond motifs is 6. The summed E-state index contributed by atoms with van der Waals surface area (Å²) in [6, 6.07) is 61.5. The first-order chi connectivity index (χ1) is 26.3. The lowest BCUT2D eigenvalue weighted by Crippen LogP contribution is -2.01. The normalized spacial score (nSPS) is 11.8. The van der Waals surface area contributed by atoms with Crippen molar-refractivity contribution in [3.05, 3.63) is 176 Å². The van der Waals surface area contributed by atoms with Crippen LogP contribution in [-0.4, -0.2) is 15.0 Å². The van der Waals surface area contributed by atoms with Gasteiger partial charge in [0.2, 0.25) is 0 Å². The van der Waals surface area contributed by atoms with Crippen LogP contribution < -0.4 is 0 Å². The van der Waals surface area contributed by atoms with E-state index in [1.165, 1.54) is 33.0 Å². The number of aromatic nitrogens is 3. The number of hydrogen-bond donors (Lipinski definition) is 0. The van der Waals surface area contributed by atoms with Crippen molar-refractivity contribution in [2.75, 3.05) is 0 Å². The van der Waals surface area contributed by atoms with E-state index in [1.807, 2.05) is 30.3 Å². The van der Waals surface area contributed by atoms with Gasteiger partial charge in [0, 0.05) is 33.0 Å². The number of nitrogens with zero attached hydrogens (tertiary/aromatic N) is 3. The fourth-order valence-electron chi connectivity index (χ4n) is 8.02. The van der Waals surface area contributed by atoms with E-state index in [-0.39, 0.29) is 0 Å². The summed E-state index contributed by atoms with van der Waals surface area (Å²) in [6.45, 7) is 0. The van der Waals surface area contributed by atoms with Crippen molar-refractivity contribution < 1.29 is 4.42 Å². The highest BCUT2D eigenvalue weighted by Crippen LogP contribution is 2.52. The topological polar surface area (TPSA) is 51.8 Å². The molecule has 0 atom stereocenters.